The lowest BCUT2D eigenvalue weighted by Gasteiger charge is -2.11. The minimum absolute atomic E-state index is 0.0326. The van der Waals surface area contributed by atoms with E-state index < -0.39 is 0 Å². The van der Waals surface area contributed by atoms with Crippen molar-refractivity contribution < 1.29 is 14.3 Å². The van der Waals surface area contributed by atoms with Gasteiger partial charge in [-0.1, -0.05) is 19.8 Å². The molecule has 0 N–H and O–H groups in total. The lowest BCUT2D eigenvalue weighted by Crippen LogP contribution is -2.11. The number of methoxy groups -OCH3 is 1. The van der Waals surface area contributed by atoms with Crippen molar-refractivity contribution in [3.63, 3.8) is 0 Å². The Morgan fingerprint density at radius 3 is 2.56 bits per heavy atom. The van der Waals surface area contributed by atoms with Crippen LogP contribution in [0, 0.1) is 0 Å². The number of hydrogen-bond acceptors (Lipinski definition) is 3. The fourth-order valence-corrected chi connectivity index (χ4v) is 1.72. The summed E-state index contributed by atoms with van der Waals surface area (Å²) in [5.74, 6) is 0.365. The maximum atomic E-state index is 11.2. The summed E-state index contributed by atoms with van der Waals surface area (Å²) in [6, 6.07) is 6.85. The second-order valence-corrected chi connectivity index (χ2v) is 4.68. The first-order chi connectivity index (χ1) is 8.67. The first kappa shape index (κ1) is 14.8. The zero-order valence-corrected chi connectivity index (χ0v) is 11.6. The highest BCUT2D eigenvalue weighted by atomic mass is 35.5. The summed E-state index contributed by atoms with van der Waals surface area (Å²) >= 11 is 6.11. The lowest BCUT2D eigenvalue weighted by atomic mass is 10.2. The van der Waals surface area contributed by atoms with Crippen molar-refractivity contribution in [2.24, 2.45) is 0 Å². The molecular formula is C14H19ClO3. The Kier molecular flexibility index (Phi) is 6.58. The molecule has 0 saturated heterocycles. The topological polar surface area (TPSA) is 35.5 Å². The molecule has 0 bridgehead atoms. The average molecular weight is 271 g/mol. The molecule has 0 heterocycles. The van der Waals surface area contributed by atoms with Crippen molar-refractivity contribution >= 4 is 17.6 Å². The molecule has 3 nitrogen and oxygen atoms in total. The van der Waals surface area contributed by atoms with Crippen LogP contribution in [0.4, 0.5) is 0 Å². The smallest absolute Gasteiger partial charge is 0.337 e. The van der Waals surface area contributed by atoms with Crippen LogP contribution in [0.3, 0.4) is 0 Å². The molecule has 0 aliphatic carbocycles. The molecule has 0 spiro atoms. The van der Waals surface area contributed by atoms with Gasteiger partial charge < -0.3 is 9.47 Å². The van der Waals surface area contributed by atoms with Gasteiger partial charge in [0.15, 0.2) is 0 Å². The van der Waals surface area contributed by atoms with Crippen molar-refractivity contribution in [2.45, 2.75) is 31.6 Å². The SMILES string of the molecule is CCCCC(Cl)COc1ccc(C(=O)OC)cc1. The number of esters is 1. The largest absolute Gasteiger partial charge is 0.492 e. The number of ether oxygens (including phenoxy) is 2. The normalized spacial score (nSPS) is 11.9. The summed E-state index contributed by atoms with van der Waals surface area (Å²) in [5, 5.41) is 0.0326. The van der Waals surface area contributed by atoms with E-state index in [2.05, 4.69) is 11.7 Å². The molecule has 0 aliphatic heterocycles. The predicted molar refractivity (Wildman–Crippen MR) is 72.4 cm³/mol. The maximum absolute atomic E-state index is 11.2. The van der Waals surface area contributed by atoms with Gasteiger partial charge in [0.25, 0.3) is 0 Å². The summed E-state index contributed by atoms with van der Waals surface area (Å²) < 4.78 is 10.2. The fraction of sp³-hybridized carbons (Fsp3) is 0.500. The Hall–Kier alpha value is -1.22. The van der Waals surface area contributed by atoms with Crippen molar-refractivity contribution in [3.05, 3.63) is 29.8 Å². The molecule has 100 valence electrons. The van der Waals surface area contributed by atoms with Crippen molar-refractivity contribution in [2.75, 3.05) is 13.7 Å². The third kappa shape index (κ3) is 4.96. The molecule has 4 heteroatoms. The van der Waals surface area contributed by atoms with Crippen molar-refractivity contribution in [3.8, 4) is 5.75 Å². The Bertz CT molecular complexity index is 362. The first-order valence-corrected chi connectivity index (χ1v) is 6.56. The van der Waals surface area contributed by atoms with Crippen LogP contribution in [0.25, 0.3) is 0 Å². The van der Waals surface area contributed by atoms with E-state index in [0.29, 0.717) is 17.9 Å². The molecule has 1 unspecified atom stereocenters. The van der Waals surface area contributed by atoms with E-state index >= 15 is 0 Å². The van der Waals surface area contributed by atoms with Gasteiger partial charge in [-0.15, -0.1) is 11.6 Å². The maximum Gasteiger partial charge on any atom is 0.337 e. The Morgan fingerprint density at radius 1 is 1.33 bits per heavy atom. The molecule has 1 aromatic rings. The highest BCUT2D eigenvalue weighted by molar-refractivity contribution is 6.20. The van der Waals surface area contributed by atoms with Crippen LogP contribution in [0.2, 0.25) is 0 Å². The number of benzene rings is 1. The van der Waals surface area contributed by atoms with Gasteiger partial charge in [-0.3, -0.25) is 0 Å². The van der Waals surface area contributed by atoms with Crippen LogP contribution in [-0.4, -0.2) is 25.1 Å². The van der Waals surface area contributed by atoms with Gasteiger partial charge in [-0.25, -0.2) is 4.79 Å². The Morgan fingerprint density at radius 2 is 2.00 bits per heavy atom. The monoisotopic (exact) mass is 270 g/mol. The fourth-order valence-electron chi connectivity index (χ4n) is 1.50. The van der Waals surface area contributed by atoms with Crippen LogP contribution in [0.15, 0.2) is 24.3 Å². The van der Waals surface area contributed by atoms with Crippen molar-refractivity contribution in [1.29, 1.82) is 0 Å². The van der Waals surface area contributed by atoms with E-state index in [0.717, 1.165) is 19.3 Å². The number of alkyl halides is 1. The molecule has 1 rings (SSSR count). The zero-order chi connectivity index (χ0) is 13.4. The van der Waals surface area contributed by atoms with E-state index in [9.17, 15) is 4.79 Å². The molecule has 0 aliphatic rings. The highest BCUT2D eigenvalue weighted by Gasteiger charge is 2.07. The number of carbonyl (C=O) groups is 1. The van der Waals surface area contributed by atoms with E-state index in [1.54, 1.807) is 24.3 Å². The number of carbonyl (C=O) groups excluding carboxylic acids is 1. The standard InChI is InChI=1S/C14H19ClO3/c1-3-4-5-12(15)10-18-13-8-6-11(7-9-13)14(16)17-2/h6-9,12H,3-5,10H2,1-2H3. The van der Waals surface area contributed by atoms with E-state index in [1.165, 1.54) is 7.11 Å². The van der Waals surface area contributed by atoms with Gasteiger partial charge in [0.1, 0.15) is 12.4 Å². The molecule has 1 atom stereocenters. The van der Waals surface area contributed by atoms with Crippen LogP contribution in [0.1, 0.15) is 36.5 Å². The summed E-state index contributed by atoms with van der Waals surface area (Å²) in [7, 11) is 1.36. The second-order valence-electron chi connectivity index (χ2n) is 4.07. The third-order valence-corrected chi connectivity index (χ3v) is 2.92. The molecule has 0 fully saturated rings. The molecule has 0 saturated carbocycles. The average Bonchev–Trinajstić information content (AvgIpc) is 2.42. The summed E-state index contributed by atoms with van der Waals surface area (Å²) in [4.78, 5) is 11.2. The predicted octanol–water partition coefficient (Wildman–Crippen LogP) is 3.65. The van der Waals surface area contributed by atoms with Crippen LogP contribution in [-0.2, 0) is 4.74 Å². The summed E-state index contributed by atoms with van der Waals surface area (Å²) in [6.07, 6.45) is 3.20. The Balaban J connectivity index is 2.41. The van der Waals surface area contributed by atoms with Crippen molar-refractivity contribution in [1.82, 2.24) is 0 Å². The minimum atomic E-state index is -0.347. The van der Waals surface area contributed by atoms with E-state index in [4.69, 9.17) is 16.3 Å². The molecular weight excluding hydrogens is 252 g/mol. The number of halogens is 1. The quantitative estimate of drug-likeness (QED) is 0.560. The summed E-state index contributed by atoms with van der Waals surface area (Å²) in [5.41, 5.74) is 0.512. The highest BCUT2D eigenvalue weighted by Crippen LogP contribution is 2.15. The molecule has 1 aromatic carbocycles. The second kappa shape index (κ2) is 7.98. The van der Waals surface area contributed by atoms with E-state index in [-0.39, 0.29) is 11.3 Å². The number of hydrogen-bond donors (Lipinski definition) is 0. The molecule has 0 radical (unpaired) electrons. The summed E-state index contributed by atoms with van der Waals surface area (Å²) in [6.45, 7) is 2.62. The van der Waals surface area contributed by atoms with Crippen LogP contribution < -0.4 is 4.74 Å². The van der Waals surface area contributed by atoms with Gasteiger partial charge in [-0.2, -0.15) is 0 Å². The number of rotatable bonds is 7. The van der Waals surface area contributed by atoms with Gasteiger partial charge in [0.2, 0.25) is 0 Å². The minimum Gasteiger partial charge on any atom is -0.492 e. The van der Waals surface area contributed by atoms with Gasteiger partial charge in [0, 0.05) is 0 Å². The van der Waals surface area contributed by atoms with Crippen LogP contribution >= 0.6 is 11.6 Å². The Labute approximate surface area is 113 Å². The van der Waals surface area contributed by atoms with Gasteiger partial charge in [-0.05, 0) is 30.7 Å². The molecule has 0 amide bonds. The number of unbranched alkanes of at least 4 members (excludes halogenated alkanes) is 1. The van der Waals surface area contributed by atoms with Crippen LogP contribution in [0.5, 0.6) is 5.75 Å². The molecule has 18 heavy (non-hydrogen) atoms. The zero-order valence-electron chi connectivity index (χ0n) is 10.8. The van der Waals surface area contributed by atoms with Gasteiger partial charge >= 0.3 is 5.97 Å². The lowest BCUT2D eigenvalue weighted by molar-refractivity contribution is 0.0600. The molecule has 0 aromatic heterocycles. The third-order valence-electron chi connectivity index (χ3n) is 2.58. The van der Waals surface area contributed by atoms with E-state index in [1.807, 2.05) is 0 Å². The van der Waals surface area contributed by atoms with Gasteiger partial charge in [0.05, 0.1) is 18.1 Å². The first-order valence-electron chi connectivity index (χ1n) is 6.12.